The highest BCUT2D eigenvalue weighted by atomic mass is 32.2. The number of anilines is 1. The van der Waals surface area contributed by atoms with Crippen molar-refractivity contribution in [3.05, 3.63) is 83.4 Å². The second kappa shape index (κ2) is 16.0. The number of aryl methyl sites for hydroxylation is 1. The molecule has 4 bridgehead atoms. The minimum Gasteiger partial charge on any atom is -0.494 e. The molecule has 0 amide bonds. The number of carboxylic acids is 1. The molecule has 0 saturated heterocycles. The topological polar surface area (TPSA) is 121 Å². The number of rotatable bonds is 9. The van der Waals surface area contributed by atoms with Gasteiger partial charge in [-0.15, -0.1) is 0 Å². The Kier molecular flexibility index (Phi) is 12.1. The lowest BCUT2D eigenvalue weighted by molar-refractivity contribution is -0.147. The first-order valence-electron chi connectivity index (χ1n) is 18.1. The predicted octanol–water partition coefficient (Wildman–Crippen LogP) is 8.52. The van der Waals surface area contributed by atoms with E-state index in [1.807, 2.05) is 49.1 Å². The molecule has 5 rings (SSSR count). The number of hydrogen-bond donors (Lipinski definition) is 3. The third-order valence-electron chi connectivity index (χ3n) is 9.52. The van der Waals surface area contributed by atoms with Crippen LogP contribution in [0.25, 0.3) is 10.6 Å². The third-order valence-corrected chi connectivity index (χ3v) is 12.4. The number of pyridine rings is 1. The summed E-state index contributed by atoms with van der Waals surface area (Å²) < 4.78 is 37.5. The van der Waals surface area contributed by atoms with Gasteiger partial charge in [-0.1, -0.05) is 101 Å². The summed E-state index contributed by atoms with van der Waals surface area (Å²) in [4.78, 5) is 18.8. The highest BCUT2D eigenvalue weighted by Gasteiger charge is 2.41. The average Bonchev–Trinajstić information content (AvgIpc) is 3.41. The van der Waals surface area contributed by atoms with Gasteiger partial charge in [-0.05, 0) is 86.8 Å². The molecule has 1 unspecified atom stereocenters. The zero-order valence-corrected chi connectivity index (χ0v) is 32.6. The molecular weight excluding hydrogens is 681 g/mol. The molecular formula is C40H54N4O5S2. The lowest BCUT2D eigenvalue weighted by Crippen LogP contribution is -2.51. The maximum Gasteiger partial charge on any atom is 0.311 e. The number of nitrogens with zero attached hydrogens (tertiary/aromatic N) is 2. The van der Waals surface area contributed by atoms with Crippen molar-refractivity contribution in [2.45, 2.75) is 103 Å². The first kappa shape index (κ1) is 38.7. The molecule has 9 nitrogen and oxygen atoms in total. The van der Waals surface area contributed by atoms with Gasteiger partial charge in [0.25, 0.3) is 10.0 Å². The number of nitrogens with one attached hydrogen (secondary N) is 2. The second-order valence-corrected chi connectivity index (χ2v) is 18.5. The highest BCUT2D eigenvalue weighted by Crippen LogP contribution is 2.48. The molecule has 2 aliphatic rings. The lowest BCUT2D eigenvalue weighted by atomic mass is 9.85. The fourth-order valence-electron chi connectivity index (χ4n) is 6.71. The number of carbonyl (C=O) groups is 1. The molecule has 2 aromatic carbocycles. The number of thioether (sulfide) groups is 1. The Hall–Kier alpha value is -3.54. The van der Waals surface area contributed by atoms with Gasteiger partial charge in [-0.3, -0.25) is 4.79 Å². The molecule has 1 aromatic heterocycles. The summed E-state index contributed by atoms with van der Waals surface area (Å²) in [6, 6.07) is 21.3. The fraction of sp³-hybridized carbons (Fsp3) is 0.500. The van der Waals surface area contributed by atoms with Gasteiger partial charge in [0, 0.05) is 23.6 Å². The molecule has 3 aromatic rings. The van der Waals surface area contributed by atoms with E-state index < -0.39 is 26.4 Å². The van der Waals surface area contributed by atoms with Gasteiger partial charge in [0.15, 0.2) is 10.0 Å². The average molecular weight is 735 g/mol. The molecule has 276 valence electrons. The summed E-state index contributed by atoms with van der Waals surface area (Å²) in [5.41, 5.74) is 3.19. The van der Waals surface area contributed by atoms with Crippen LogP contribution < -0.4 is 19.7 Å². The SMILES string of the molecule is CCC[C@](C)(CN1CCCCCCc2ccccc2C2=C(c3cccc(OCCC(C)(C)C)c3)SC(C)(N2)NS(=O)(=O)c2cccc1n2)C(=O)O. The number of hydrogen-bond acceptors (Lipinski definition) is 8. The quantitative estimate of drug-likeness (QED) is 0.199. The smallest absolute Gasteiger partial charge is 0.311 e. The van der Waals surface area contributed by atoms with E-state index in [0.717, 1.165) is 72.4 Å². The molecule has 0 aliphatic carbocycles. The van der Waals surface area contributed by atoms with Crippen LogP contribution in [0.15, 0.2) is 71.8 Å². The van der Waals surface area contributed by atoms with Crippen LogP contribution in [0.5, 0.6) is 5.75 Å². The van der Waals surface area contributed by atoms with Crippen LogP contribution in [-0.2, 0) is 21.2 Å². The van der Waals surface area contributed by atoms with E-state index in [1.54, 1.807) is 19.1 Å². The molecule has 51 heavy (non-hydrogen) atoms. The van der Waals surface area contributed by atoms with E-state index >= 15 is 0 Å². The Labute approximate surface area is 308 Å². The number of aliphatic carboxylic acids is 1. The largest absolute Gasteiger partial charge is 0.494 e. The third kappa shape index (κ3) is 9.87. The van der Waals surface area contributed by atoms with Crippen LogP contribution in [0.1, 0.15) is 103 Å². The summed E-state index contributed by atoms with van der Waals surface area (Å²) in [5, 5.41) is 13.7. The number of benzene rings is 2. The summed E-state index contributed by atoms with van der Waals surface area (Å²) in [6.07, 6.45) is 6.80. The van der Waals surface area contributed by atoms with E-state index in [9.17, 15) is 18.3 Å². The number of carboxylic acid groups (broad SMARTS) is 1. The van der Waals surface area contributed by atoms with E-state index in [2.05, 4.69) is 54.0 Å². The molecule has 3 heterocycles. The van der Waals surface area contributed by atoms with Crippen LogP contribution in [-0.4, -0.2) is 49.2 Å². The first-order chi connectivity index (χ1) is 24.1. The minimum atomic E-state index is -4.14. The monoisotopic (exact) mass is 734 g/mol. The molecule has 11 heteroatoms. The Morgan fingerprint density at radius 3 is 2.49 bits per heavy atom. The molecule has 3 N–H and O–H groups in total. The number of aromatic nitrogens is 1. The standard InChI is InChI=1S/C40H54N4O5S2/c1-7-23-39(5,37(45)46)28-44-25-13-9-8-10-16-29-17-11-12-20-32(29)35-36(30-18-14-19-31(27-30)49-26-24-38(2,3)4)50-40(6,42-35)43-51(47,48)34-22-15-21-33(44)41-34/h11-12,14-15,17-22,27,42-43H,7-10,13,16,23-26,28H2,1-6H3,(H,45,46)/t39-,40?/m1/s1. The van der Waals surface area contributed by atoms with Crippen LogP contribution in [0.2, 0.25) is 0 Å². The van der Waals surface area contributed by atoms with Crippen molar-refractivity contribution in [1.29, 1.82) is 0 Å². The minimum absolute atomic E-state index is 0.116. The van der Waals surface area contributed by atoms with Crippen molar-refractivity contribution >= 4 is 44.2 Å². The van der Waals surface area contributed by atoms with Crippen molar-refractivity contribution in [3.63, 3.8) is 0 Å². The highest BCUT2D eigenvalue weighted by molar-refractivity contribution is 8.10. The predicted molar refractivity (Wildman–Crippen MR) is 208 cm³/mol. The maximum atomic E-state index is 14.2. The summed E-state index contributed by atoms with van der Waals surface area (Å²) in [7, 11) is -4.14. The van der Waals surface area contributed by atoms with Crippen LogP contribution in [0.3, 0.4) is 0 Å². The second-order valence-electron chi connectivity index (χ2n) is 15.4. The molecule has 0 saturated carbocycles. The Balaban J connectivity index is 1.53. The van der Waals surface area contributed by atoms with Gasteiger partial charge >= 0.3 is 5.97 Å². The van der Waals surface area contributed by atoms with Crippen molar-refractivity contribution in [1.82, 2.24) is 15.0 Å². The van der Waals surface area contributed by atoms with E-state index in [-0.39, 0.29) is 17.0 Å². The summed E-state index contributed by atoms with van der Waals surface area (Å²) in [6.45, 7) is 13.6. The van der Waals surface area contributed by atoms with Crippen LogP contribution >= 0.6 is 11.8 Å². The van der Waals surface area contributed by atoms with Gasteiger partial charge < -0.3 is 20.1 Å². The van der Waals surface area contributed by atoms with Gasteiger partial charge in [-0.25, -0.2) is 13.4 Å². The van der Waals surface area contributed by atoms with Crippen molar-refractivity contribution in [2.24, 2.45) is 10.8 Å². The molecule has 0 spiro atoms. The normalized spacial score (nSPS) is 20.9. The number of fused-ring (bicyclic) bond motifs is 6. The van der Waals surface area contributed by atoms with Gasteiger partial charge in [0.05, 0.1) is 17.7 Å². The molecule has 2 atom stereocenters. The summed E-state index contributed by atoms with van der Waals surface area (Å²) >= 11 is 1.42. The molecule has 0 fully saturated rings. The summed E-state index contributed by atoms with van der Waals surface area (Å²) in [5.74, 6) is 0.359. The van der Waals surface area contributed by atoms with Crippen molar-refractivity contribution < 1.29 is 23.1 Å². The number of sulfonamides is 1. The van der Waals surface area contributed by atoms with Gasteiger partial charge in [-0.2, -0.15) is 4.72 Å². The Bertz CT molecular complexity index is 1840. The zero-order chi connectivity index (χ0) is 36.9. The molecule has 2 aliphatic heterocycles. The van der Waals surface area contributed by atoms with E-state index in [4.69, 9.17) is 4.74 Å². The number of ether oxygens (including phenoxy) is 1. The van der Waals surface area contributed by atoms with Crippen molar-refractivity contribution in [2.75, 3.05) is 24.6 Å². The van der Waals surface area contributed by atoms with E-state index in [1.165, 1.54) is 23.4 Å². The van der Waals surface area contributed by atoms with E-state index in [0.29, 0.717) is 25.4 Å². The fourth-order valence-corrected chi connectivity index (χ4v) is 9.42. The lowest BCUT2D eigenvalue weighted by Gasteiger charge is -2.33. The van der Waals surface area contributed by atoms with Gasteiger partial charge in [0.1, 0.15) is 11.6 Å². The Morgan fingerprint density at radius 1 is 1.00 bits per heavy atom. The van der Waals surface area contributed by atoms with Crippen molar-refractivity contribution in [3.8, 4) is 5.75 Å². The zero-order valence-electron chi connectivity index (χ0n) is 30.9. The van der Waals surface area contributed by atoms with Crippen LogP contribution in [0.4, 0.5) is 5.82 Å². The maximum absolute atomic E-state index is 14.2. The van der Waals surface area contributed by atoms with Gasteiger partial charge in [0.2, 0.25) is 0 Å². The molecule has 0 radical (unpaired) electrons. The van der Waals surface area contributed by atoms with Crippen LogP contribution in [0, 0.1) is 10.8 Å². The first-order valence-corrected chi connectivity index (χ1v) is 20.4. The Morgan fingerprint density at radius 2 is 1.75 bits per heavy atom.